The first-order valence-corrected chi connectivity index (χ1v) is 8.14. The number of carbonyl (C=O) groups is 1. The van der Waals surface area contributed by atoms with E-state index in [4.69, 9.17) is 5.73 Å². The van der Waals surface area contributed by atoms with E-state index >= 15 is 0 Å². The zero-order valence-electron chi connectivity index (χ0n) is 12.7. The van der Waals surface area contributed by atoms with Crippen LogP contribution in [-0.4, -0.2) is 23.2 Å². The standard InChI is InChI=1S/C16H24N2OS.ClH/c1-12-5-7-14(8-6-12)20-16(9-3-4-10-16)15(19)18-13(2)11-17;/h5-8,13H,3-4,9-11,17H2,1-2H3,(H,18,19);1H/t13-;/m0./s1. The minimum Gasteiger partial charge on any atom is -0.351 e. The molecule has 5 heteroatoms. The SMILES string of the molecule is Cc1ccc(SC2(C(=O)N[C@@H](C)CN)CCCC2)cc1.Cl. The maximum atomic E-state index is 12.6. The molecule has 3 N–H and O–H groups in total. The Morgan fingerprint density at radius 2 is 1.90 bits per heavy atom. The van der Waals surface area contributed by atoms with Crippen molar-refractivity contribution in [1.82, 2.24) is 5.32 Å². The molecular formula is C16H25ClN2OS. The third-order valence-electron chi connectivity index (χ3n) is 3.89. The normalized spacial score (nSPS) is 17.9. The molecule has 0 aromatic heterocycles. The van der Waals surface area contributed by atoms with Crippen LogP contribution >= 0.6 is 24.2 Å². The van der Waals surface area contributed by atoms with Crippen molar-refractivity contribution in [2.45, 2.75) is 55.2 Å². The van der Waals surface area contributed by atoms with Gasteiger partial charge in [-0.3, -0.25) is 4.79 Å². The average molecular weight is 329 g/mol. The molecule has 1 aliphatic carbocycles. The molecule has 3 nitrogen and oxygen atoms in total. The van der Waals surface area contributed by atoms with E-state index in [2.05, 4.69) is 36.5 Å². The number of thioether (sulfide) groups is 1. The second kappa shape index (κ2) is 8.06. The van der Waals surface area contributed by atoms with Crippen LogP contribution in [-0.2, 0) is 4.79 Å². The van der Waals surface area contributed by atoms with Gasteiger partial charge in [-0.15, -0.1) is 24.2 Å². The van der Waals surface area contributed by atoms with Gasteiger partial charge in [0.25, 0.3) is 0 Å². The Bertz CT molecular complexity index is 458. The van der Waals surface area contributed by atoms with Gasteiger partial charge in [0, 0.05) is 17.5 Å². The number of rotatable bonds is 5. The van der Waals surface area contributed by atoms with Crippen molar-refractivity contribution in [3.63, 3.8) is 0 Å². The van der Waals surface area contributed by atoms with E-state index in [1.807, 2.05) is 6.92 Å². The second-order valence-corrected chi connectivity index (χ2v) is 7.18. The maximum absolute atomic E-state index is 12.6. The Hall–Kier alpha value is -0.710. The summed E-state index contributed by atoms with van der Waals surface area (Å²) in [5, 5.41) is 3.06. The van der Waals surface area contributed by atoms with Gasteiger partial charge in [-0.2, -0.15) is 0 Å². The number of halogens is 1. The van der Waals surface area contributed by atoms with Crippen molar-refractivity contribution >= 4 is 30.1 Å². The molecule has 0 bridgehead atoms. The van der Waals surface area contributed by atoms with Gasteiger partial charge in [0.15, 0.2) is 0 Å². The summed E-state index contributed by atoms with van der Waals surface area (Å²) in [5.41, 5.74) is 6.86. The Morgan fingerprint density at radius 3 is 2.43 bits per heavy atom. The molecule has 0 aliphatic heterocycles. The topological polar surface area (TPSA) is 55.1 Å². The number of nitrogens with two attached hydrogens (primary N) is 1. The Labute approximate surface area is 137 Å². The monoisotopic (exact) mass is 328 g/mol. The molecule has 0 spiro atoms. The van der Waals surface area contributed by atoms with Gasteiger partial charge in [0.2, 0.25) is 5.91 Å². The Balaban J connectivity index is 0.00000220. The van der Waals surface area contributed by atoms with Crippen LogP contribution in [0, 0.1) is 6.92 Å². The van der Waals surface area contributed by atoms with Crippen molar-refractivity contribution in [3.8, 4) is 0 Å². The fourth-order valence-corrected chi connectivity index (χ4v) is 3.94. The summed E-state index contributed by atoms with van der Waals surface area (Å²) in [6, 6.07) is 8.47. The van der Waals surface area contributed by atoms with E-state index < -0.39 is 0 Å². The van der Waals surface area contributed by atoms with E-state index in [1.54, 1.807) is 11.8 Å². The van der Waals surface area contributed by atoms with Crippen molar-refractivity contribution in [2.24, 2.45) is 5.73 Å². The summed E-state index contributed by atoms with van der Waals surface area (Å²) in [6.45, 7) is 4.52. The van der Waals surface area contributed by atoms with Crippen LogP contribution in [0.2, 0.25) is 0 Å². The highest BCUT2D eigenvalue weighted by Gasteiger charge is 2.42. The maximum Gasteiger partial charge on any atom is 0.236 e. The molecule has 0 saturated heterocycles. The minimum absolute atomic E-state index is 0. The lowest BCUT2D eigenvalue weighted by molar-refractivity contribution is -0.123. The van der Waals surface area contributed by atoms with Crippen LogP contribution < -0.4 is 11.1 Å². The zero-order valence-corrected chi connectivity index (χ0v) is 14.4. The van der Waals surface area contributed by atoms with Crippen LogP contribution in [0.25, 0.3) is 0 Å². The van der Waals surface area contributed by atoms with Gasteiger partial charge in [-0.05, 0) is 38.8 Å². The van der Waals surface area contributed by atoms with Gasteiger partial charge >= 0.3 is 0 Å². The highest BCUT2D eigenvalue weighted by atomic mass is 35.5. The molecule has 1 fully saturated rings. The molecule has 1 aliphatic rings. The minimum atomic E-state index is -0.307. The number of carbonyl (C=O) groups excluding carboxylic acids is 1. The van der Waals surface area contributed by atoms with Crippen LogP contribution in [0.1, 0.15) is 38.2 Å². The quantitative estimate of drug-likeness (QED) is 0.872. The van der Waals surface area contributed by atoms with E-state index in [-0.39, 0.29) is 29.1 Å². The van der Waals surface area contributed by atoms with Gasteiger partial charge < -0.3 is 11.1 Å². The first-order valence-electron chi connectivity index (χ1n) is 7.32. The lowest BCUT2D eigenvalue weighted by Crippen LogP contribution is -2.48. The molecular weight excluding hydrogens is 304 g/mol. The third kappa shape index (κ3) is 4.63. The Kier molecular flexibility index (Phi) is 7.04. The number of aryl methyl sites for hydroxylation is 1. The van der Waals surface area contributed by atoms with Crippen LogP contribution in [0.3, 0.4) is 0 Å². The van der Waals surface area contributed by atoms with Gasteiger partial charge in [-0.1, -0.05) is 30.5 Å². The van der Waals surface area contributed by atoms with Gasteiger partial charge in [0.05, 0.1) is 4.75 Å². The predicted molar refractivity (Wildman–Crippen MR) is 92.1 cm³/mol. The summed E-state index contributed by atoms with van der Waals surface area (Å²) >= 11 is 1.72. The molecule has 21 heavy (non-hydrogen) atoms. The van der Waals surface area contributed by atoms with Crippen molar-refractivity contribution in [1.29, 1.82) is 0 Å². The molecule has 0 unspecified atom stereocenters. The summed E-state index contributed by atoms with van der Waals surface area (Å²) in [4.78, 5) is 13.8. The summed E-state index contributed by atoms with van der Waals surface area (Å²) in [7, 11) is 0. The lowest BCUT2D eigenvalue weighted by atomic mass is 10.1. The molecule has 1 aromatic rings. The number of amides is 1. The molecule has 1 amide bonds. The van der Waals surface area contributed by atoms with Crippen LogP contribution in [0.5, 0.6) is 0 Å². The molecule has 1 atom stereocenters. The highest BCUT2D eigenvalue weighted by molar-refractivity contribution is 8.01. The van der Waals surface area contributed by atoms with Crippen molar-refractivity contribution in [2.75, 3.05) is 6.54 Å². The average Bonchev–Trinajstić information content (AvgIpc) is 2.91. The van der Waals surface area contributed by atoms with E-state index in [0.29, 0.717) is 6.54 Å². The summed E-state index contributed by atoms with van der Waals surface area (Å²) in [5.74, 6) is 0.151. The van der Waals surface area contributed by atoms with Gasteiger partial charge in [-0.25, -0.2) is 0 Å². The molecule has 0 heterocycles. The second-order valence-electron chi connectivity index (χ2n) is 5.73. The zero-order chi connectivity index (χ0) is 14.6. The number of hydrogen-bond donors (Lipinski definition) is 2. The van der Waals surface area contributed by atoms with Crippen LogP contribution in [0.15, 0.2) is 29.2 Å². The van der Waals surface area contributed by atoms with Crippen molar-refractivity contribution < 1.29 is 4.79 Å². The third-order valence-corrected chi connectivity index (χ3v) is 5.38. The molecule has 118 valence electrons. The lowest BCUT2D eigenvalue weighted by Gasteiger charge is -2.28. The molecule has 1 saturated carbocycles. The van der Waals surface area contributed by atoms with E-state index in [1.165, 1.54) is 10.5 Å². The predicted octanol–water partition coefficient (Wildman–Crippen LogP) is 3.29. The highest BCUT2D eigenvalue weighted by Crippen LogP contribution is 2.45. The Morgan fingerprint density at radius 1 is 1.33 bits per heavy atom. The summed E-state index contributed by atoms with van der Waals surface area (Å²) < 4.78 is -0.307. The number of hydrogen-bond acceptors (Lipinski definition) is 3. The smallest absolute Gasteiger partial charge is 0.236 e. The van der Waals surface area contributed by atoms with E-state index in [9.17, 15) is 4.79 Å². The molecule has 2 rings (SSSR count). The number of benzene rings is 1. The van der Waals surface area contributed by atoms with Crippen molar-refractivity contribution in [3.05, 3.63) is 29.8 Å². The first-order chi connectivity index (χ1) is 9.55. The molecule has 1 aromatic carbocycles. The number of nitrogens with one attached hydrogen (secondary N) is 1. The van der Waals surface area contributed by atoms with Crippen LogP contribution in [0.4, 0.5) is 0 Å². The molecule has 0 radical (unpaired) electrons. The fraction of sp³-hybridized carbons (Fsp3) is 0.562. The first kappa shape index (κ1) is 18.3. The van der Waals surface area contributed by atoms with Gasteiger partial charge in [0.1, 0.15) is 0 Å². The fourth-order valence-electron chi connectivity index (χ4n) is 2.57. The summed E-state index contributed by atoms with van der Waals surface area (Å²) in [6.07, 6.45) is 4.16. The largest absolute Gasteiger partial charge is 0.351 e. The van der Waals surface area contributed by atoms with E-state index in [0.717, 1.165) is 25.7 Å².